The lowest BCUT2D eigenvalue weighted by Gasteiger charge is -2.25. The van der Waals surface area contributed by atoms with Gasteiger partial charge in [-0.1, -0.05) is 13.0 Å². The summed E-state index contributed by atoms with van der Waals surface area (Å²) >= 11 is 0. The third-order valence-electron chi connectivity index (χ3n) is 6.10. The molecule has 3 amide bonds. The fraction of sp³-hybridized carbons (Fsp3) is 0.321. The van der Waals surface area contributed by atoms with Crippen LogP contribution in [-0.2, 0) is 19.1 Å². The quantitative estimate of drug-likeness (QED) is 0.0828. The molecule has 0 bridgehead atoms. The summed E-state index contributed by atoms with van der Waals surface area (Å²) in [6, 6.07) is 4.75. The number of nitrogens with zero attached hydrogens (tertiary/aromatic N) is 2. The average Bonchev–Trinajstić information content (AvgIpc) is 3.69. The molecule has 0 aliphatic heterocycles. The van der Waals surface area contributed by atoms with Crippen LogP contribution in [0.3, 0.4) is 0 Å². The minimum Gasteiger partial charge on any atom is -0.478 e. The van der Waals surface area contributed by atoms with Crippen LogP contribution in [0.2, 0.25) is 0 Å². The molecular weight excluding hydrogens is 548 g/mol. The van der Waals surface area contributed by atoms with Gasteiger partial charge < -0.3 is 30.2 Å². The number of esters is 1. The molecule has 0 unspecified atom stereocenters. The van der Waals surface area contributed by atoms with E-state index in [1.165, 1.54) is 12.3 Å². The first-order valence-electron chi connectivity index (χ1n) is 13.1. The van der Waals surface area contributed by atoms with Gasteiger partial charge in [-0.3, -0.25) is 15.0 Å². The highest BCUT2D eigenvalue weighted by atomic mass is 16.7. The van der Waals surface area contributed by atoms with Crippen LogP contribution in [0.25, 0.3) is 0 Å². The van der Waals surface area contributed by atoms with Crippen LogP contribution in [0.4, 0.5) is 10.5 Å². The number of ether oxygens (including phenoxy) is 2. The third-order valence-corrected chi connectivity index (χ3v) is 6.10. The number of carbonyl (C=O) groups excluding carboxylic acids is 4. The number of rotatable bonds is 12. The number of aromatic amines is 1. The maximum Gasteiger partial charge on any atom is 0.423 e. The molecule has 1 saturated carbocycles. The van der Waals surface area contributed by atoms with Crippen molar-refractivity contribution < 1.29 is 38.6 Å². The Kier molecular flexibility index (Phi) is 10.7. The second-order valence-corrected chi connectivity index (χ2v) is 9.29. The number of carbonyl (C=O) groups is 5. The second-order valence-electron chi connectivity index (χ2n) is 9.29. The van der Waals surface area contributed by atoms with Crippen LogP contribution in [0, 0.1) is 19.3 Å². The summed E-state index contributed by atoms with van der Waals surface area (Å²) in [4.78, 5) is 69.5. The normalized spacial score (nSPS) is 12.9. The van der Waals surface area contributed by atoms with E-state index >= 15 is 0 Å². The number of carboxylic acid groups (broad SMARTS) is 1. The van der Waals surface area contributed by atoms with E-state index in [-0.39, 0.29) is 40.6 Å². The molecule has 1 heterocycles. The Labute approximate surface area is 241 Å². The summed E-state index contributed by atoms with van der Waals surface area (Å²) in [6.07, 6.45) is 4.76. The number of hydrogen-bond donors (Lipinski definition) is 5. The standard InChI is InChI=1S/C28H32N6O8/c1-4-11-30-26(38)18-6-5-16(2)21(12-18)34(28(40)42-15-41-23(37)10-9-22(35)36)25(32-14-29)24-17(3)20(13-31-24)27(39)33-19-7-8-19/h5-6,9-10,12-14,19,29,31H,4,7-8,11,15H2,1-3H3,(H,30,38)(H,33,39)(H,35,36)/b10-9+,29-14?,32-25+. The van der Waals surface area contributed by atoms with E-state index in [1.807, 2.05) is 6.92 Å². The predicted molar refractivity (Wildman–Crippen MR) is 152 cm³/mol. The first-order valence-corrected chi connectivity index (χ1v) is 13.1. The maximum atomic E-state index is 13.5. The number of H-pyrrole nitrogens is 1. The highest BCUT2D eigenvalue weighted by molar-refractivity contribution is 6.24. The number of amidine groups is 1. The van der Waals surface area contributed by atoms with Crippen molar-refractivity contribution in [1.82, 2.24) is 15.6 Å². The minimum absolute atomic E-state index is 0.105. The molecule has 1 aromatic carbocycles. The largest absolute Gasteiger partial charge is 0.478 e. The molecule has 0 atom stereocenters. The van der Waals surface area contributed by atoms with Crippen molar-refractivity contribution in [3.8, 4) is 0 Å². The number of amides is 3. The lowest BCUT2D eigenvalue weighted by atomic mass is 10.1. The van der Waals surface area contributed by atoms with Crippen molar-refractivity contribution in [3.05, 3.63) is 64.5 Å². The number of anilines is 1. The van der Waals surface area contributed by atoms with Gasteiger partial charge in [-0.15, -0.1) is 0 Å². The topological polar surface area (TPSA) is 203 Å². The minimum atomic E-state index is -1.37. The lowest BCUT2D eigenvalue weighted by molar-refractivity contribution is -0.146. The monoisotopic (exact) mass is 580 g/mol. The van der Waals surface area contributed by atoms with Crippen LogP contribution in [0.15, 0.2) is 41.5 Å². The zero-order valence-corrected chi connectivity index (χ0v) is 23.4. The fourth-order valence-electron chi connectivity index (χ4n) is 3.77. The van der Waals surface area contributed by atoms with E-state index in [0.29, 0.717) is 48.1 Å². The Bertz CT molecular complexity index is 1440. The van der Waals surface area contributed by atoms with Crippen molar-refractivity contribution in [2.45, 2.75) is 46.1 Å². The average molecular weight is 581 g/mol. The van der Waals surface area contributed by atoms with Crippen LogP contribution in [0.1, 0.15) is 63.7 Å². The zero-order chi connectivity index (χ0) is 30.8. The summed E-state index contributed by atoms with van der Waals surface area (Å²) in [5, 5.41) is 22.0. The Morgan fingerprint density at radius 1 is 1.14 bits per heavy atom. The summed E-state index contributed by atoms with van der Waals surface area (Å²) in [5.74, 6) is -3.27. The number of aliphatic imine (C=N–C) groups is 1. The van der Waals surface area contributed by atoms with Crippen molar-refractivity contribution >= 4 is 47.7 Å². The molecule has 222 valence electrons. The predicted octanol–water partition coefficient (Wildman–Crippen LogP) is 2.80. The van der Waals surface area contributed by atoms with E-state index in [9.17, 15) is 24.0 Å². The Hall–Kier alpha value is -5.27. The molecule has 14 heteroatoms. The molecule has 5 N–H and O–H groups in total. The summed E-state index contributed by atoms with van der Waals surface area (Å²) in [6.45, 7) is 4.78. The van der Waals surface area contributed by atoms with Gasteiger partial charge in [0, 0.05) is 36.5 Å². The van der Waals surface area contributed by atoms with E-state index in [1.54, 1.807) is 26.0 Å². The molecule has 1 aliphatic carbocycles. The van der Waals surface area contributed by atoms with Gasteiger partial charge in [0.05, 0.1) is 16.9 Å². The molecule has 1 aromatic heterocycles. The number of aromatic nitrogens is 1. The first kappa shape index (κ1) is 31.3. The molecule has 0 spiro atoms. The molecule has 42 heavy (non-hydrogen) atoms. The SMILES string of the molecule is CCCNC(=O)c1ccc(C)c(N(C(=O)OCOC(=O)/C=C/C(=O)O)/C(=N/C=N)c2[nH]cc(C(=O)NC3CC3)c2C)c1. The summed E-state index contributed by atoms with van der Waals surface area (Å²) in [5.41, 5.74) is 1.89. The smallest absolute Gasteiger partial charge is 0.423 e. The molecule has 2 aromatic rings. The second kappa shape index (κ2) is 14.4. The van der Waals surface area contributed by atoms with Gasteiger partial charge in [-0.05, 0) is 56.4 Å². The Morgan fingerprint density at radius 3 is 2.52 bits per heavy atom. The van der Waals surface area contributed by atoms with Crippen molar-refractivity contribution in [1.29, 1.82) is 5.41 Å². The number of nitrogens with one attached hydrogen (secondary N) is 4. The molecule has 0 radical (unpaired) electrons. The molecule has 0 saturated heterocycles. The highest BCUT2D eigenvalue weighted by Crippen LogP contribution is 2.27. The Balaban J connectivity index is 2.03. The third kappa shape index (κ3) is 8.13. The van der Waals surface area contributed by atoms with E-state index < -0.39 is 24.8 Å². The first-order chi connectivity index (χ1) is 20.1. The highest BCUT2D eigenvalue weighted by Gasteiger charge is 2.31. The van der Waals surface area contributed by atoms with Gasteiger partial charge in [0.25, 0.3) is 11.8 Å². The van der Waals surface area contributed by atoms with Crippen LogP contribution >= 0.6 is 0 Å². The van der Waals surface area contributed by atoms with E-state index in [2.05, 4.69) is 20.6 Å². The molecule has 1 aliphatic rings. The van der Waals surface area contributed by atoms with Gasteiger partial charge in [0.15, 0.2) is 5.84 Å². The van der Waals surface area contributed by atoms with E-state index in [4.69, 9.17) is 20.0 Å². The van der Waals surface area contributed by atoms with Crippen LogP contribution in [-0.4, -0.2) is 71.5 Å². The number of aryl methyl sites for hydroxylation is 1. The molecule has 14 nitrogen and oxygen atoms in total. The van der Waals surface area contributed by atoms with Crippen molar-refractivity contribution in [3.63, 3.8) is 0 Å². The number of aliphatic carboxylic acids is 1. The summed E-state index contributed by atoms with van der Waals surface area (Å²) < 4.78 is 9.94. The van der Waals surface area contributed by atoms with Gasteiger partial charge in [-0.25, -0.2) is 24.3 Å². The van der Waals surface area contributed by atoms with Crippen LogP contribution in [0.5, 0.6) is 0 Å². The zero-order valence-electron chi connectivity index (χ0n) is 23.4. The van der Waals surface area contributed by atoms with Crippen molar-refractivity contribution in [2.75, 3.05) is 18.2 Å². The van der Waals surface area contributed by atoms with Crippen LogP contribution < -0.4 is 15.5 Å². The molecule has 1 fully saturated rings. The van der Waals surface area contributed by atoms with Crippen molar-refractivity contribution in [2.24, 2.45) is 4.99 Å². The van der Waals surface area contributed by atoms with Gasteiger partial charge in [-0.2, -0.15) is 0 Å². The van der Waals surface area contributed by atoms with Gasteiger partial charge in [0.2, 0.25) is 6.79 Å². The molecular formula is C28H32N6O8. The Morgan fingerprint density at radius 2 is 1.88 bits per heavy atom. The lowest BCUT2D eigenvalue weighted by Crippen LogP contribution is -2.40. The molecule has 3 rings (SSSR count). The summed E-state index contributed by atoms with van der Waals surface area (Å²) in [7, 11) is 0. The van der Waals surface area contributed by atoms with Gasteiger partial charge >= 0.3 is 18.0 Å². The number of hydrogen-bond acceptors (Lipinski definition) is 8. The van der Waals surface area contributed by atoms with E-state index in [0.717, 1.165) is 17.7 Å². The fourth-order valence-corrected chi connectivity index (χ4v) is 3.77. The number of benzene rings is 1. The van der Waals surface area contributed by atoms with Gasteiger partial charge in [0.1, 0.15) is 6.34 Å². The number of carboxylic acids is 1. The maximum absolute atomic E-state index is 13.5.